The van der Waals surface area contributed by atoms with Crippen molar-refractivity contribution < 1.29 is 9.21 Å². The minimum atomic E-state index is -0.191. The predicted molar refractivity (Wildman–Crippen MR) is 76.0 cm³/mol. The number of amides is 1. The van der Waals surface area contributed by atoms with E-state index in [2.05, 4.69) is 15.5 Å². The number of benzene rings is 1. The maximum Gasteiger partial charge on any atom is 0.255 e. The van der Waals surface area contributed by atoms with E-state index < -0.39 is 0 Å². The third kappa shape index (κ3) is 2.69. The second-order valence-electron chi connectivity index (χ2n) is 4.53. The summed E-state index contributed by atoms with van der Waals surface area (Å²) in [7, 11) is 0. The van der Waals surface area contributed by atoms with Gasteiger partial charge in [-0.1, -0.05) is 18.2 Å². The molecule has 0 saturated heterocycles. The third-order valence-electron chi connectivity index (χ3n) is 3.16. The van der Waals surface area contributed by atoms with Crippen LogP contribution in [0.4, 0.5) is 0 Å². The van der Waals surface area contributed by atoms with Gasteiger partial charge in [0.15, 0.2) is 5.82 Å². The zero-order valence-electron chi connectivity index (χ0n) is 11.5. The molecule has 0 radical (unpaired) electrons. The molecule has 3 rings (SSSR count). The van der Waals surface area contributed by atoms with Crippen LogP contribution in [0.2, 0.25) is 0 Å². The molecular formula is C15H14N4O2. The summed E-state index contributed by atoms with van der Waals surface area (Å²) in [5, 5.41) is 10.8. The van der Waals surface area contributed by atoms with Crippen LogP contribution in [-0.4, -0.2) is 20.7 Å². The van der Waals surface area contributed by atoms with Gasteiger partial charge in [0.25, 0.3) is 5.91 Å². The second-order valence-corrected chi connectivity index (χ2v) is 4.53. The lowest BCUT2D eigenvalue weighted by atomic mass is 10.2. The molecule has 0 unspecified atom stereocenters. The fraction of sp³-hybridized carbons (Fsp3) is 0.133. The Morgan fingerprint density at radius 3 is 2.81 bits per heavy atom. The van der Waals surface area contributed by atoms with Gasteiger partial charge in [-0.05, 0) is 25.1 Å². The van der Waals surface area contributed by atoms with Crippen molar-refractivity contribution in [2.24, 2.45) is 0 Å². The van der Waals surface area contributed by atoms with Gasteiger partial charge in [0, 0.05) is 5.69 Å². The molecule has 106 valence electrons. The van der Waals surface area contributed by atoms with E-state index >= 15 is 0 Å². The number of furan rings is 1. The number of carbonyl (C=O) groups excluding carboxylic acids is 1. The van der Waals surface area contributed by atoms with Crippen molar-refractivity contribution in [3.63, 3.8) is 0 Å². The lowest BCUT2D eigenvalue weighted by Gasteiger charge is -2.07. The van der Waals surface area contributed by atoms with Crippen LogP contribution in [0.3, 0.4) is 0 Å². The molecule has 0 fully saturated rings. The molecule has 21 heavy (non-hydrogen) atoms. The van der Waals surface area contributed by atoms with Crippen molar-refractivity contribution in [2.45, 2.75) is 13.5 Å². The van der Waals surface area contributed by atoms with Crippen LogP contribution >= 0.6 is 0 Å². The summed E-state index contributed by atoms with van der Waals surface area (Å²) in [5.41, 5.74) is 1.48. The standard InChI is InChI=1S/C15H14N4O2/c1-11-13(7-8-21-11)15(20)16-9-14-18-17-10-19(14)12-5-3-2-4-6-12/h2-8,10H,9H2,1H3,(H,16,20). The first-order chi connectivity index (χ1) is 10.3. The SMILES string of the molecule is Cc1occc1C(=O)NCc1nncn1-c1ccccc1. The molecule has 0 spiro atoms. The van der Waals surface area contributed by atoms with Crippen LogP contribution in [-0.2, 0) is 6.54 Å². The first-order valence-electron chi connectivity index (χ1n) is 6.52. The Morgan fingerprint density at radius 2 is 2.10 bits per heavy atom. The average Bonchev–Trinajstić information content (AvgIpc) is 3.14. The van der Waals surface area contributed by atoms with Gasteiger partial charge in [0.1, 0.15) is 12.1 Å². The van der Waals surface area contributed by atoms with Crippen LogP contribution in [0, 0.1) is 6.92 Å². The Balaban J connectivity index is 1.74. The molecule has 1 amide bonds. The van der Waals surface area contributed by atoms with E-state index in [1.807, 2.05) is 34.9 Å². The van der Waals surface area contributed by atoms with Crippen LogP contribution in [0.5, 0.6) is 0 Å². The fourth-order valence-electron chi connectivity index (χ4n) is 2.06. The van der Waals surface area contributed by atoms with Crippen molar-refractivity contribution in [3.05, 3.63) is 66.1 Å². The highest BCUT2D eigenvalue weighted by Crippen LogP contribution is 2.10. The van der Waals surface area contributed by atoms with Gasteiger partial charge in [0.2, 0.25) is 0 Å². The lowest BCUT2D eigenvalue weighted by molar-refractivity contribution is 0.0948. The van der Waals surface area contributed by atoms with E-state index in [0.29, 0.717) is 23.7 Å². The number of nitrogens with zero attached hydrogens (tertiary/aromatic N) is 3. The molecule has 0 aliphatic rings. The minimum absolute atomic E-state index is 0.191. The molecule has 0 aliphatic carbocycles. The predicted octanol–water partition coefficient (Wildman–Crippen LogP) is 2.10. The normalized spacial score (nSPS) is 10.5. The van der Waals surface area contributed by atoms with E-state index in [1.165, 1.54) is 6.26 Å². The zero-order valence-corrected chi connectivity index (χ0v) is 11.5. The molecular weight excluding hydrogens is 268 g/mol. The summed E-state index contributed by atoms with van der Waals surface area (Å²) in [6.45, 7) is 2.04. The quantitative estimate of drug-likeness (QED) is 0.795. The van der Waals surface area contributed by atoms with Crippen molar-refractivity contribution in [1.29, 1.82) is 0 Å². The first kappa shape index (κ1) is 13.1. The van der Waals surface area contributed by atoms with Crippen molar-refractivity contribution in [2.75, 3.05) is 0 Å². The van der Waals surface area contributed by atoms with Gasteiger partial charge in [-0.3, -0.25) is 9.36 Å². The first-order valence-corrected chi connectivity index (χ1v) is 6.52. The number of nitrogens with one attached hydrogen (secondary N) is 1. The monoisotopic (exact) mass is 282 g/mol. The van der Waals surface area contributed by atoms with Crippen molar-refractivity contribution in [3.8, 4) is 5.69 Å². The molecule has 0 atom stereocenters. The van der Waals surface area contributed by atoms with Gasteiger partial charge in [0.05, 0.1) is 18.4 Å². The molecule has 1 aromatic carbocycles. The number of aryl methyl sites for hydroxylation is 1. The van der Waals surface area contributed by atoms with Gasteiger partial charge >= 0.3 is 0 Å². The van der Waals surface area contributed by atoms with E-state index in [1.54, 1.807) is 19.3 Å². The molecule has 0 bridgehead atoms. The summed E-state index contributed by atoms with van der Waals surface area (Å²) < 4.78 is 6.96. The van der Waals surface area contributed by atoms with Crippen LogP contribution in [0.15, 0.2) is 53.4 Å². The third-order valence-corrected chi connectivity index (χ3v) is 3.16. The molecule has 0 saturated carbocycles. The Bertz CT molecular complexity index is 746. The summed E-state index contributed by atoms with van der Waals surface area (Å²) >= 11 is 0. The number of hydrogen-bond donors (Lipinski definition) is 1. The summed E-state index contributed by atoms with van der Waals surface area (Å²) in [6.07, 6.45) is 3.12. The maximum atomic E-state index is 12.0. The van der Waals surface area contributed by atoms with E-state index in [9.17, 15) is 4.79 Å². The molecule has 6 heteroatoms. The maximum absolute atomic E-state index is 12.0. The van der Waals surface area contributed by atoms with E-state index in [0.717, 1.165) is 5.69 Å². The van der Waals surface area contributed by atoms with Gasteiger partial charge in [-0.25, -0.2) is 0 Å². The summed E-state index contributed by atoms with van der Waals surface area (Å²) in [5.74, 6) is 1.07. The number of carbonyl (C=O) groups is 1. The lowest BCUT2D eigenvalue weighted by Crippen LogP contribution is -2.24. The zero-order chi connectivity index (χ0) is 14.7. The summed E-state index contributed by atoms with van der Waals surface area (Å²) in [6, 6.07) is 11.4. The van der Waals surface area contributed by atoms with E-state index in [4.69, 9.17) is 4.42 Å². The highest BCUT2D eigenvalue weighted by molar-refractivity contribution is 5.94. The van der Waals surface area contributed by atoms with Crippen molar-refractivity contribution >= 4 is 5.91 Å². The van der Waals surface area contributed by atoms with Crippen LogP contribution < -0.4 is 5.32 Å². The number of rotatable bonds is 4. The number of hydrogen-bond acceptors (Lipinski definition) is 4. The van der Waals surface area contributed by atoms with Crippen LogP contribution in [0.25, 0.3) is 5.69 Å². The summed E-state index contributed by atoms with van der Waals surface area (Å²) in [4.78, 5) is 12.0. The highest BCUT2D eigenvalue weighted by atomic mass is 16.3. The molecule has 0 aliphatic heterocycles. The molecule has 1 N–H and O–H groups in total. The Hall–Kier alpha value is -2.89. The molecule has 6 nitrogen and oxygen atoms in total. The highest BCUT2D eigenvalue weighted by Gasteiger charge is 2.13. The minimum Gasteiger partial charge on any atom is -0.469 e. The number of para-hydroxylation sites is 1. The van der Waals surface area contributed by atoms with Gasteiger partial charge in [-0.15, -0.1) is 10.2 Å². The smallest absolute Gasteiger partial charge is 0.255 e. The molecule has 2 heterocycles. The average molecular weight is 282 g/mol. The Labute approximate surface area is 121 Å². The van der Waals surface area contributed by atoms with Gasteiger partial charge in [-0.2, -0.15) is 0 Å². The molecule has 3 aromatic rings. The fourth-order valence-corrected chi connectivity index (χ4v) is 2.06. The van der Waals surface area contributed by atoms with Crippen LogP contribution in [0.1, 0.15) is 21.9 Å². The van der Waals surface area contributed by atoms with E-state index in [-0.39, 0.29) is 5.91 Å². The topological polar surface area (TPSA) is 73.0 Å². The van der Waals surface area contributed by atoms with Crippen molar-refractivity contribution in [1.82, 2.24) is 20.1 Å². The Kier molecular flexibility index (Phi) is 3.51. The largest absolute Gasteiger partial charge is 0.469 e. The second kappa shape index (κ2) is 5.62. The number of aromatic nitrogens is 3. The van der Waals surface area contributed by atoms with Gasteiger partial charge < -0.3 is 9.73 Å². The molecule has 2 aromatic heterocycles. The Morgan fingerprint density at radius 1 is 1.29 bits per heavy atom.